The van der Waals surface area contributed by atoms with Gasteiger partial charge in [0.25, 0.3) is 5.91 Å². The van der Waals surface area contributed by atoms with Gasteiger partial charge >= 0.3 is 0 Å². The van der Waals surface area contributed by atoms with Crippen molar-refractivity contribution in [1.82, 2.24) is 10.5 Å². The van der Waals surface area contributed by atoms with E-state index in [4.69, 9.17) is 9.63 Å². The summed E-state index contributed by atoms with van der Waals surface area (Å²) in [6.07, 6.45) is 0.590. The van der Waals surface area contributed by atoms with Gasteiger partial charge in [-0.2, -0.15) is 0 Å². The average molecular weight is 306 g/mol. The minimum absolute atomic E-state index is 0.0710. The van der Waals surface area contributed by atoms with E-state index >= 15 is 0 Å². The van der Waals surface area contributed by atoms with Crippen LogP contribution >= 0.6 is 0 Å². The van der Waals surface area contributed by atoms with Gasteiger partial charge in [0.15, 0.2) is 11.5 Å². The topological polar surface area (TPSA) is 75.4 Å². The van der Waals surface area contributed by atoms with E-state index in [2.05, 4.69) is 10.5 Å². The molecule has 0 aliphatic carbocycles. The fraction of sp³-hybridized carbons (Fsp3) is 0.375. The van der Waals surface area contributed by atoms with Crippen molar-refractivity contribution in [3.8, 4) is 11.3 Å². The fourth-order valence-corrected chi connectivity index (χ4v) is 1.93. The number of aromatic nitrogens is 1. The Bertz CT molecular complexity index is 635. The molecule has 1 aromatic carbocycles. The highest BCUT2D eigenvalue weighted by Crippen LogP contribution is 2.21. The van der Waals surface area contributed by atoms with Crippen molar-refractivity contribution in [2.24, 2.45) is 5.41 Å². The van der Waals surface area contributed by atoms with Crippen LogP contribution in [0, 0.1) is 11.2 Å². The Morgan fingerprint density at radius 1 is 1.36 bits per heavy atom. The number of carbonyl (C=O) groups excluding carboxylic acids is 1. The molecule has 0 unspecified atom stereocenters. The summed E-state index contributed by atoms with van der Waals surface area (Å²) in [6.45, 7) is 4.40. The number of carbonyl (C=O) groups is 1. The lowest BCUT2D eigenvalue weighted by Crippen LogP contribution is -2.34. The van der Waals surface area contributed by atoms with E-state index in [-0.39, 0.29) is 29.4 Å². The molecule has 1 heterocycles. The van der Waals surface area contributed by atoms with Crippen LogP contribution in [0.5, 0.6) is 0 Å². The van der Waals surface area contributed by atoms with E-state index in [0.717, 1.165) is 0 Å². The Balaban J connectivity index is 2.02. The molecule has 0 saturated carbocycles. The number of aliphatic hydroxyl groups excluding tert-OH is 1. The van der Waals surface area contributed by atoms with Crippen LogP contribution in [0.3, 0.4) is 0 Å². The lowest BCUT2D eigenvalue weighted by Gasteiger charge is -2.23. The van der Waals surface area contributed by atoms with Gasteiger partial charge in [-0.05, 0) is 36.1 Å². The molecule has 0 aliphatic heterocycles. The van der Waals surface area contributed by atoms with Crippen LogP contribution in [0.1, 0.15) is 30.8 Å². The zero-order valence-corrected chi connectivity index (χ0v) is 12.6. The zero-order chi connectivity index (χ0) is 16.2. The average Bonchev–Trinajstić information content (AvgIpc) is 2.95. The molecule has 22 heavy (non-hydrogen) atoms. The lowest BCUT2D eigenvalue weighted by molar-refractivity contribution is 0.0919. The van der Waals surface area contributed by atoms with Crippen molar-refractivity contribution < 1.29 is 18.8 Å². The molecule has 1 amide bonds. The highest BCUT2D eigenvalue weighted by molar-refractivity contribution is 5.93. The van der Waals surface area contributed by atoms with Gasteiger partial charge in [0.2, 0.25) is 0 Å². The molecule has 1 aromatic heterocycles. The van der Waals surface area contributed by atoms with Crippen molar-refractivity contribution in [2.75, 3.05) is 13.2 Å². The van der Waals surface area contributed by atoms with Gasteiger partial charge in [-0.1, -0.05) is 19.0 Å². The highest BCUT2D eigenvalue weighted by Gasteiger charge is 2.20. The first kappa shape index (κ1) is 16.2. The molecule has 2 N–H and O–H groups in total. The first-order valence-electron chi connectivity index (χ1n) is 7.03. The Kier molecular flexibility index (Phi) is 4.92. The quantitative estimate of drug-likeness (QED) is 0.860. The molecular weight excluding hydrogens is 287 g/mol. The van der Waals surface area contributed by atoms with E-state index in [1.807, 2.05) is 13.8 Å². The van der Waals surface area contributed by atoms with E-state index in [0.29, 0.717) is 24.3 Å². The predicted octanol–water partition coefficient (Wildman–Crippen LogP) is 2.62. The van der Waals surface area contributed by atoms with Crippen molar-refractivity contribution >= 4 is 5.91 Å². The third kappa shape index (κ3) is 4.14. The van der Waals surface area contributed by atoms with Crippen LogP contribution in [0.4, 0.5) is 4.39 Å². The van der Waals surface area contributed by atoms with E-state index in [1.165, 1.54) is 18.2 Å². The number of rotatable bonds is 6. The maximum Gasteiger partial charge on any atom is 0.273 e. The van der Waals surface area contributed by atoms with E-state index < -0.39 is 0 Å². The molecular formula is C16H19FN2O3. The summed E-state index contributed by atoms with van der Waals surface area (Å²) in [5.41, 5.74) is 0.612. The maximum atomic E-state index is 12.9. The van der Waals surface area contributed by atoms with Gasteiger partial charge in [0.05, 0.1) is 0 Å². The van der Waals surface area contributed by atoms with Gasteiger partial charge < -0.3 is 14.9 Å². The van der Waals surface area contributed by atoms with Crippen molar-refractivity contribution in [1.29, 1.82) is 0 Å². The normalized spacial score (nSPS) is 11.5. The SMILES string of the molecule is CC(C)(CCO)CNC(=O)c1cc(-c2ccc(F)cc2)on1. The molecule has 0 aliphatic rings. The molecule has 0 bridgehead atoms. The molecule has 5 nitrogen and oxygen atoms in total. The van der Waals surface area contributed by atoms with Crippen molar-refractivity contribution in [3.63, 3.8) is 0 Å². The molecule has 118 valence electrons. The molecule has 2 aromatic rings. The molecule has 0 saturated heterocycles. The number of nitrogens with zero attached hydrogens (tertiary/aromatic N) is 1. The first-order chi connectivity index (χ1) is 10.4. The minimum Gasteiger partial charge on any atom is -0.396 e. The summed E-state index contributed by atoms with van der Waals surface area (Å²) in [7, 11) is 0. The molecule has 0 radical (unpaired) electrons. The van der Waals surface area contributed by atoms with Gasteiger partial charge in [-0.25, -0.2) is 4.39 Å². The summed E-state index contributed by atoms with van der Waals surface area (Å²) in [5.74, 6) is -0.282. The van der Waals surface area contributed by atoms with E-state index in [1.54, 1.807) is 12.1 Å². The Labute approximate surface area is 128 Å². The highest BCUT2D eigenvalue weighted by atomic mass is 19.1. The summed E-state index contributed by atoms with van der Waals surface area (Å²) in [5, 5.41) is 15.5. The van der Waals surface area contributed by atoms with Gasteiger partial charge in [0.1, 0.15) is 5.82 Å². The Morgan fingerprint density at radius 2 is 2.05 bits per heavy atom. The second-order valence-corrected chi connectivity index (χ2v) is 5.90. The molecule has 2 rings (SSSR count). The van der Waals surface area contributed by atoms with Crippen LogP contribution < -0.4 is 5.32 Å². The number of hydrogen-bond acceptors (Lipinski definition) is 4. The Hall–Kier alpha value is -2.21. The molecule has 0 fully saturated rings. The molecule has 0 spiro atoms. The fourth-order valence-electron chi connectivity index (χ4n) is 1.93. The second kappa shape index (κ2) is 6.70. The summed E-state index contributed by atoms with van der Waals surface area (Å²) < 4.78 is 18.0. The summed E-state index contributed by atoms with van der Waals surface area (Å²) in [4.78, 5) is 12.0. The smallest absolute Gasteiger partial charge is 0.273 e. The first-order valence-corrected chi connectivity index (χ1v) is 7.03. The second-order valence-electron chi connectivity index (χ2n) is 5.90. The number of halogens is 1. The predicted molar refractivity (Wildman–Crippen MR) is 79.7 cm³/mol. The van der Waals surface area contributed by atoms with Crippen LogP contribution in [0.25, 0.3) is 11.3 Å². The van der Waals surface area contributed by atoms with Gasteiger partial charge in [-0.3, -0.25) is 4.79 Å². The van der Waals surface area contributed by atoms with Crippen molar-refractivity contribution in [3.05, 3.63) is 41.8 Å². The van der Waals surface area contributed by atoms with Gasteiger partial charge in [-0.15, -0.1) is 0 Å². The maximum absolute atomic E-state index is 12.9. The number of benzene rings is 1. The number of hydrogen-bond donors (Lipinski definition) is 2. The monoisotopic (exact) mass is 306 g/mol. The number of nitrogens with one attached hydrogen (secondary N) is 1. The van der Waals surface area contributed by atoms with Gasteiger partial charge in [0, 0.05) is 24.8 Å². The third-order valence-corrected chi connectivity index (χ3v) is 3.39. The third-order valence-electron chi connectivity index (χ3n) is 3.39. The van der Waals surface area contributed by atoms with Crippen LogP contribution in [0.15, 0.2) is 34.9 Å². The molecule has 0 atom stereocenters. The number of aliphatic hydroxyl groups is 1. The van der Waals surface area contributed by atoms with E-state index in [9.17, 15) is 9.18 Å². The summed E-state index contributed by atoms with van der Waals surface area (Å²) >= 11 is 0. The minimum atomic E-state index is -0.344. The van der Waals surface area contributed by atoms with Crippen LogP contribution in [-0.2, 0) is 0 Å². The molecule has 6 heteroatoms. The Morgan fingerprint density at radius 3 is 2.68 bits per heavy atom. The lowest BCUT2D eigenvalue weighted by atomic mass is 9.90. The van der Waals surface area contributed by atoms with Crippen LogP contribution in [0.2, 0.25) is 0 Å². The summed E-state index contributed by atoms with van der Waals surface area (Å²) in [6, 6.07) is 7.26. The van der Waals surface area contributed by atoms with Crippen molar-refractivity contribution in [2.45, 2.75) is 20.3 Å². The van der Waals surface area contributed by atoms with Crippen LogP contribution in [-0.4, -0.2) is 29.3 Å². The largest absolute Gasteiger partial charge is 0.396 e. The zero-order valence-electron chi connectivity index (χ0n) is 12.6. The standard InChI is InChI=1S/C16H19FN2O3/c1-16(2,7-8-20)10-18-15(21)13-9-14(22-19-13)11-3-5-12(17)6-4-11/h3-6,9,20H,7-8,10H2,1-2H3,(H,18,21). The number of amides is 1.